The first-order chi connectivity index (χ1) is 13.6. The number of anilines is 1. The number of aromatic nitrogens is 3. The van der Waals surface area contributed by atoms with E-state index in [1.54, 1.807) is 0 Å². The number of thioether (sulfide) groups is 1. The summed E-state index contributed by atoms with van der Waals surface area (Å²) in [7, 11) is 0. The highest BCUT2D eigenvalue weighted by Crippen LogP contribution is 2.24. The van der Waals surface area contributed by atoms with Gasteiger partial charge in [0, 0.05) is 25.2 Å². The van der Waals surface area contributed by atoms with Gasteiger partial charge < -0.3 is 14.8 Å². The topological polar surface area (TPSA) is 80.1 Å². The molecule has 3 rings (SSSR count). The second-order valence-corrected chi connectivity index (χ2v) is 8.19. The standard InChI is InChI=1S/C20H27N5O2S/c1-3-25-17(14-24-13-9-5-8-12-18(24)26)22-23-20(25)28-15(2)19(27)21-16-10-6-4-7-11-16/h4,6-7,10-11,15H,3,5,8-9,12-14H2,1-2H3,(H,21,27)/t15-/m0/s1. The highest BCUT2D eigenvalue weighted by atomic mass is 32.2. The Hall–Kier alpha value is -2.35. The smallest absolute Gasteiger partial charge is 0.237 e. The van der Waals surface area contributed by atoms with E-state index in [0.717, 1.165) is 37.3 Å². The Labute approximate surface area is 169 Å². The van der Waals surface area contributed by atoms with Crippen LogP contribution < -0.4 is 5.32 Å². The number of nitrogens with zero attached hydrogens (tertiary/aromatic N) is 4. The second kappa shape index (κ2) is 9.73. The van der Waals surface area contributed by atoms with Gasteiger partial charge in [-0.2, -0.15) is 0 Å². The van der Waals surface area contributed by atoms with Crippen LogP contribution in [0.5, 0.6) is 0 Å². The summed E-state index contributed by atoms with van der Waals surface area (Å²) in [6, 6.07) is 9.41. The molecule has 0 aliphatic carbocycles. The first-order valence-corrected chi connectivity index (χ1v) is 10.7. The van der Waals surface area contributed by atoms with Crippen LogP contribution in [0, 0.1) is 0 Å². The molecule has 1 aliphatic heterocycles. The molecule has 2 aromatic rings. The fraction of sp³-hybridized carbons (Fsp3) is 0.500. The van der Waals surface area contributed by atoms with Gasteiger partial charge in [0.2, 0.25) is 11.8 Å². The molecule has 0 saturated carbocycles. The summed E-state index contributed by atoms with van der Waals surface area (Å²) in [6.45, 7) is 5.82. The van der Waals surface area contributed by atoms with E-state index in [9.17, 15) is 9.59 Å². The molecule has 1 fully saturated rings. The lowest BCUT2D eigenvalue weighted by Crippen LogP contribution is -2.31. The number of benzene rings is 1. The van der Waals surface area contributed by atoms with E-state index in [2.05, 4.69) is 15.5 Å². The Bertz CT molecular complexity index is 808. The molecule has 0 radical (unpaired) electrons. The van der Waals surface area contributed by atoms with E-state index in [4.69, 9.17) is 0 Å². The number of likely N-dealkylation sites (tertiary alicyclic amines) is 1. The number of hydrogen-bond acceptors (Lipinski definition) is 5. The second-order valence-electron chi connectivity index (χ2n) is 6.88. The molecule has 2 heterocycles. The molecule has 1 N–H and O–H groups in total. The van der Waals surface area contributed by atoms with E-state index >= 15 is 0 Å². The van der Waals surface area contributed by atoms with Crippen molar-refractivity contribution >= 4 is 29.3 Å². The largest absolute Gasteiger partial charge is 0.335 e. The number of amides is 2. The fourth-order valence-electron chi connectivity index (χ4n) is 3.19. The Balaban J connectivity index is 1.65. The van der Waals surface area contributed by atoms with Gasteiger partial charge in [-0.3, -0.25) is 9.59 Å². The molecule has 0 unspecified atom stereocenters. The molecule has 28 heavy (non-hydrogen) atoms. The van der Waals surface area contributed by atoms with Gasteiger partial charge in [0.05, 0.1) is 11.8 Å². The minimum absolute atomic E-state index is 0.0777. The van der Waals surface area contributed by atoms with Crippen LogP contribution in [0.1, 0.15) is 45.4 Å². The molecule has 0 bridgehead atoms. The normalized spacial score (nSPS) is 15.9. The summed E-state index contributed by atoms with van der Waals surface area (Å²) in [5.41, 5.74) is 0.775. The zero-order valence-electron chi connectivity index (χ0n) is 16.4. The maximum atomic E-state index is 12.5. The zero-order valence-corrected chi connectivity index (χ0v) is 17.2. The van der Waals surface area contributed by atoms with Crippen LogP contribution in [0.25, 0.3) is 0 Å². The summed E-state index contributed by atoms with van der Waals surface area (Å²) in [5, 5.41) is 11.9. The van der Waals surface area contributed by atoms with Crippen molar-refractivity contribution in [1.29, 1.82) is 0 Å². The van der Waals surface area contributed by atoms with Gasteiger partial charge >= 0.3 is 0 Å². The molecular weight excluding hydrogens is 374 g/mol. The van der Waals surface area contributed by atoms with Crippen molar-refractivity contribution in [1.82, 2.24) is 19.7 Å². The maximum Gasteiger partial charge on any atom is 0.237 e. The highest BCUT2D eigenvalue weighted by molar-refractivity contribution is 8.00. The van der Waals surface area contributed by atoms with Gasteiger partial charge in [0.1, 0.15) is 0 Å². The number of hydrogen-bond donors (Lipinski definition) is 1. The quantitative estimate of drug-likeness (QED) is 0.720. The molecule has 7 nitrogen and oxygen atoms in total. The third-order valence-corrected chi connectivity index (χ3v) is 5.89. The molecule has 1 aliphatic rings. The van der Waals surface area contributed by atoms with E-state index in [1.165, 1.54) is 11.8 Å². The van der Waals surface area contributed by atoms with Gasteiger partial charge in [-0.05, 0) is 38.8 Å². The predicted octanol–water partition coefficient (Wildman–Crippen LogP) is 3.32. The monoisotopic (exact) mass is 401 g/mol. The van der Waals surface area contributed by atoms with Crippen LogP contribution in [-0.2, 0) is 22.7 Å². The number of rotatable bonds is 7. The van der Waals surface area contributed by atoms with Crippen LogP contribution in [0.2, 0.25) is 0 Å². The van der Waals surface area contributed by atoms with Crippen molar-refractivity contribution in [3.05, 3.63) is 36.2 Å². The van der Waals surface area contributed by atoms with Crippen molar-refractivity contribution in [2.24, 2.45) is 0 Å². The molecule has 8 heteroatoms. The zero-order chi connectivity index (χ0) is 19.9. The Morgan fingerprint density at radius 3 is 2.75 bits per heavy atom. The summed E-state index contributed by atoms with van der Waals surface area (Å²) in [4.78, 5) is 26.6. The SMILES string of the molecule is CCn1c(CN2CCCCCC2=O)nnc1S[C@@H](C)C(=O)Nc1ccccc1. The van der Waals surface area contributed by atoms with Crippen molar-refractivity contribution < 1.29 is 9.59 Å². The molecule has 0 spiro atoms. The van der Waals surface area contributed by atoms with Crippen molar-refractivity contribution in [2.45, 2.75) is 63.0 Å². The number of nitrogens with one attached hydrogen (secondary N) is 1. The number of carbonyl (C=O) groups excluding carboxylic acids is 2. The first kappa shape index (κ1) is 20.4. The van der Waals surface area contributed by atoms with Crippen molar-refractivity contribution in [2.75, 3.05) is 11.9 Å². The van der Waals surface area contributed by atoms with Crippen LogP contribution in [0.3, 0.4) is 0 Å². The number of para-hydroxylation sites is 1. The van der Waals surface area contributed by atoms with Gasteiger partial charge in [-0.1, -0.05) is 36.4 Å². The average Bonchev–Trinajstić information content (AvgIpc) is 2.96. The van der Waals surface area contributed by atoms with E-state index < -0.39 is 0 Å². The van der Waals surface area contributed by atoms with E-state index in [0.29, 0.717) is 24.7 Å². The molecule has 1 atom stereocenters. The van der Waals surface area contributed by atoms with Crippen LogP contribution >= 0.6 is 11.8 Å². The van der Waals surface area contributed by atoms with Crippen molar-refractivity contribution in [3.8, 4) is 0 Å². The molecule has 1 aromatic carbocycles. The minimum Gasteiger partial charge on any atom is -0.335 e. The van der Waals surface area contributed by atoms with E-state index in [1.807, 2.05) is 53.6 Å². The lowest BCUT2D eigenvalue weighted by molar-refractivity contribution is -0.131. The maximum absolute atomic E-state index is 12.5. The van der Waals surface area contributed by atoms with Crippen LogP contribution in [0.15, 0.2) is 35.5 Å². The summed E-state index contributed by atoms with van der Waals surface area (Å²) in [6.07, 6.45) is 3.70. The molecule has 150 valence electrons. The first-order valence-electron chi connectivity index (χ1n) is 9.81. The van der Waals surface area contributed by atoms with Crippen LogP contribution in [-0.4, -0.2) is 43.3 Å². The third-order valence-electron chi connectivity index (χ3n) is 4.81. The summed E-state index contributed by atoms with van der Waals surface area (Å²) in [5.74, 6) is 0.884. The Morgan fingerprint density at radius 2 is 2.00 bits per heavy atom. The lowest BCUT2D eigenvalue weighted by atomic mass is 10.2. The third kappa shape index (κ3) is 5.13. The summed E-state index contributed by atoms with van der Waals surface area (Å²) < 4.78 is 2.00. The lowest BCUT2D eigenvalue weighted by Gasteiger charge is -2.20. The van der Waals surface area contributed by atoms with Gasteiger partial charge in [0.15, 0.2) is 11.0 Å². The molecule has 2 amide bonds. The number of carbonyl (C=O) groups is 2. The average molecular weight is 402 g/mol. The molecule has 1 aromatic heterocycles. The minimum atomic E-state index is -0.317. The Kier molecular flexibility index (Phi) is 7.08. The predicted molar refractivity (Wildman–Crippen MR) is 110 cm³/mol. The highest BCUT2D eigenvalue weighted by Gasteiger charge is 2.23. The van der Waals surface area contributed by atoms with Gasteiger partial charge in [-0.25, -0.2) is 0 Å². The van der Waals surface area contributed by atoms with Crippen molar-refractivity contribution in [3.63, 3.8) is 0 Å². The van der Waals surface area contributed by atoms with Gasteiger partial charge in [0.25, 0.3) is 0 Å². The summed E-state index contributed by atoms with van der Waals surface area (Å²) >= 11 is 1.38. The molecule has 1 saturated heterocycles. The van der Waals surface area contributed by atoms with E-state index in [-0.39, 0.29) is 17.1 Å². The molecular formula is C20H27N5O2S. The van der Waals surface area contributed by atoms with Gasteiger partial charge in [-0.15, -0.1) is 10.2 Å². The Morgan fingerprint density at radius 1 is 1.21 bits per heavy atom. The fourth-order valence-corrected chi connectivity index (χ4v) is 4.13. The van der Waals surface area contributed by atoms with Crippen LogP contribution in [0.4, 0.5) is 5.69 Å².